The molecule has 0 saturated carbocycles. The zero-order valence-electron chi connectivity index (χ0n) is 9.31. The van der Waals surface area contributed by atoms with Crippen molar-refractivity contribution in [3.63, 3.8) is 0 Å². The maximum atomic E-state index is 5.94. The Labute approximate surface area is 99.8 Å². The number of benzene rings is 1. The molecule has 2 aromatic rings. The van der Waals surface area contributed by atoms with Gasteiger partial charge in [0.2, 0.25) is 0 Å². The van der Waals surface area contributed by atoms with Crippen molar-refractivity contribution >= 4 is 17.4 Å². The van der Waals surface area contributed by atoms with Gasteiger partial charge in [-0.3, -0.25) is 0 Å². The number of halogens is 1. The second-order valence-corrected chi connectivity index (χ2v) is 4.44. The average Bonchev–Trinajstić information content (AvgIpc) is 2.60. The molecule has 0 aliphatic heterocycles. The number of hydrogen-bond donors (Lipinski definition) is 1. The number of nitrogens with zero attached hydrogens (tertiary/aromatic N) is 2. The highest BCUT2D eigenvalue weighted by Crippen LogP contribution is 2.24. The Morgan fingerprint density at radius 2 is 2.06 bits per heavy atom. The summed E-state index contributed by atoms with van der Waals surface area (Å²) in [5.41, 5.74) is 7.73. The Bertz CT molecular complexity index is 503. The van der Waals surface area contributed by atoms with E-state index in [1.54, 1.807) is 4.68 Å². The van der Waals surface area contributed by atoms with Gasteiger partial charge in [-0.15, -0.1) is 0 Å². The average molecular weight is 236 g/mol. The van der Waals surface area contributed by atoms with Gasteiger partial charge in [-0.25, -0.2) is 4.68 Å². The molecule has 0 aliphatic rings. The van der Waals surface area contributed by atoms with Crippen molar-refractivity contribution in [1.29, 1.82) is 0 Å². The minimum Gasteiger partial charge on any atom is -0.384 e. The quantitative estimate of drug-likeness (QED) is 0.868. The third-order valence-corrected chi connectivity index (χ3v) is 2.61. The highest BCUT2D eigenvalue weighted by Gasteiger charge is 2.09. The van der Waals surface area contributed by atoms with Gasteiger partial charge in [-0.05, 0) is 26.0 Å². The van der Waals surface area contributed by atoms with Crippen LogP contribution in [0.25, 0.3) is 11.3 Å². The van der Waals surface area contributed by atoms with Crippen LogP contribution in [0.2, 0.25) is 5.02 Å². The number of aromatic nitrogens is 2. The summed E-state index contributed by atoms with van der Waals surface area (Å²) in [7, 11) is 0. The standard InChI is InChI=1S/C12H14ClN3/c1-8(2)16-12(14)7-11(15-16)9-4-3-5-10(13)6-9/h3-8H,14H2,1-2H3. The van der Waals surface area contributed by atoms with Crippen LogP contribution in [0.4, 0.5) is 5.82 Å². The Kier molecular flexibility index (Phi) is 2.88. The second kappa shape index (κ2) is 4.18. The van der Waals surface area contributed by atoms with Gasteiger partial charge in [0.15, 0.2) is 0 Å². The highest BCUT2D eigenvalue weighted by molar-refractivity contribution is 6.30. The van der Waals surface area contributed by atoms with Gasteiger partial charge in [0, 0.05) is 22.7 Å². The monoisotopic (exact) mass is 235 g/mol. The molecule has 0 saturated heterocycles. The number of nitrogen functional groups attached to an aromatic ring is 1. The number of hydrogen-bond acceptors (Lipinski definition) is 2. The summed E-state index contributed by atoms with van der Waals surface area (Å²) >= 11 is 5.94. The molecule has 4 heteroatoms. The topological polar surface area (TPSA) is 43.8 Å². The maximum absolute atomic E-state index is 5.94. The van der Waals surface area contributed by atoms with Crippen molar-refractivity contribution in [2.45, 2.75) is 19.9 Å². The molecule has 1 aromatic carbocycles. The van der Waals surface area contributed by atoms with E-state index in [1.807, 2.05) is 44.2 Å². The molecule has 0 aliphatic carbocycles. The molecule has 0 unspecified atom stereocenters. The highest BCUT2D eigenvalue weighted by atomic mass is 35.5. The van der Waals surface area contributed by atoms with Crippen LogP contribution >= 0.6 is 11.6 Å². The Balaban J connectivity index is 2.45. The van der Waals surface area contributed by atoms with Crippen LogP contribution in [0.1, 0.15) is 19.9 Å². The Morgan fingerprint density at radius 1 is 1.31 bits per heavy atom. The summed E-state index contributed by atoms with van der Waals surface area (Å²) < 4.78 is 1.80. The minimum atomic E-state index is 0.257. The fourth-order valence-electron chi connectivity index (χ4n) is 1.61. The Hall–Kier alpha value is -1.48. The molecule has 3 nitrogen and oxygen atoms in total. The number of nitrogens with two attached hydrogens (primary N) is 1. The van der Waals surface area contributed by atoms with Gasteiger partial charge in [-0.2, -0.15) is 5.10 Å². The smallest absolute Gasteiger partial charge is 0.122 e. The van der Waals surface area contributed by atoms with E-state index >= 15 is 0 Å². The van der Waals surface area contributed by atoms with E-state index in [0.29, 0.717) is 10.8 Å². The van der Waals surface area contributed by atoms with Crippen LogP contribution < -0.4 is 5.73 Å². The van der Waals surface area contributed by atoms with Crippen LogP contribution in [0.3, 0.4) is 0 Å². The van der Waals surface area contributed by atoms with E-state index in [4.69, 9.17) is 17.3 Å². The number of anilines is 1. The molecule has 1 heterocycles. The first-order valence-corrected chi connectivity index (χ1v) is 5.56. The molecule has 84 valence electrons. The SMILES string of the molecule is CC(C)n1nc(-c2cccc(Cl)c2)cc1N. The first kappa shape index (κ1) is 11.0. The normalized spacial score (nSPS) is 11.0. The van der Waals surface area contributed by atoms with E-state index in [0.717, 1.165) is 11.3 Å². The first-order valence-electron chi connectivity index (χ1n) is 5.19. The summed E-state index contributed by atoms with van der Waals surface area (Å²) in [5.74, 6) is 0.671. The van der Waals surface area contributed by atoms with Crippen LogP contribution in [0, 0.1) is 0 Å². The van der Waals surface area contributed by atoms with E-state index in [-0.39, 0.29) is 6.04 Å². The van der Waals surface area contributed by atoms with Gasteiger partial charge >= 0.3 is 0 Å². The molecule has 2 rings (SSSR count). The zero-order chi connectivity index (χ0) is 11.7. The second-order valence-electron chi connectivity index (χ2n) is 4.00. The summed E-state index contributed by atoms with van der Waals surface area (Å²) in [6.45, 7) is 4.09. The van der Waals surface area contributed by atoms with Crippen LogP contribution in [-0.2, 0) is 0 Å². The lowest BCUT2D eigenvalue weighted by Crippen LogP contribution is -2.06. The van der Waals surface area contributed by atoms with Crippen molar-refractivity contribution in [2.24, 2.45) is 0 Å². The number of rotatable bonds is 2. The first-order chi connectivity index (χ1) is 7.58. The lowest BCUT2D eigenvalue weighted by Gasteiger charge is -2.06. The predicted octanol–water partition coefficient (Wildman–Crippen LogP) is 3.37. The van der Waals surface area contributed by atoms with Crippen molar-refractivity contribution in [2.75, 3.05) is 5.73 Å². The molecule has 2 N–H and O–H groups in total. The molecule has 0 bridgehead atoms. The largest absolute Gasteiger partial charge is 0.384 e. The third kappa shape index (κ3) is 2.04. The lowest BCUT2D eigenvalue weighted by atomic mass is 10.1. The molecule has 1 aromatic heterocycles. The van der Waals surface area contributed by atoms with Crippen LogP contribution in [0.15, 0.2) is 30.3 Å². The molecule has 0 spiro atoms. The summed E-state index contributed by atoms with van der Waals surface area (Å²) in [5, 5.41) is 5.16. The molecule has 0 fully saturated rings. The minimum absolute atomic E-state index is 0.257. The van der Waals surface area contributed by atoms with Crippen LogP contribution in [-0.4, -0.2) is 9.78 Å². The van der Waals surface area contributed by atoms with Crippen molar-refractivity contribution in [3.05, 3.63) is 35.4 Å². The van der Waals surface area contributed by atoms with Gasteiger partial charge in [0.05, 0.1) is 5.69 Å². The molecular weight excluding hydrogens is 222 g/mol. The van der Waals surface area contributed by atoms with Gasteiger partial charge in [0.25, 0.3) is 0 Å². The molecule has 0 amide bonds. The van der Waals surface area contributed by atoms with E-state index in [2.05, 4.69) is 5.10 Å². The summed E-state index contributed by atoms with van der Waals surface area (Å²) in [6, 6.07) is 9.72. The predicted molar refractivity (Wildman–Crippen MR) is 67.5 cm³/mol. The van der Waals surface area contributed by atoms with Crippen molar-refractivity contribution in [3.8, 4) is 11.3 Å². The third-order valence-electron chi connectivity index (χ3n) is 2.37. The van der Waals surface area contributed by atoms with Crippen molar-refractivity contribution < 1.29 is 0 Å². The van der Waals surface area contributed by atoms with Gasteiger partial charge < -0.3 is 5.73 Å². The summed E-state index contributed by atoms with van der Waals surface area (Å²) in [6.07, 6.45) is 0. The molecule has 16 heavy (non-hydrogen) atoms. The van der Waals surface area contributed by atoms with E-state index < -0.39 is 0 Å². The molecular formula is C12H14ClN3. The van der Waals surface area contributed by atoms with E-state index in [1.165, 1.54) is 0 Å². The van der Waals surface area contributed by atoms with Crippen LogP contribution in [0.5, 0.6) is 0 Å². The van der Waals surface area contributed by atoms with E-state index in [9.17, 15) is 0 Å². The zero-order valence-corrected chi connectivity index (χ0v) is 10.1. The lowest BCUT2D eigenvalue weighted by molar-refractivity contribution is 0.542. The fraction of sp³-hybridized carbons (Fsp3) is 0.250. The molecule has 0 atom stereocenters. The maximum Gasteiger partial charge on any atom is 0.122 e. The molecule has 0 radical (unpaired) electrons. The van der Waals surface area contributed by atoms with Gasteiger partial charge in [0.1, 0.15) is 5.82 Å². The summed E-state index contributed by atoms with van der Waals surface area (Å²) in [4.78, 5) is 0. The Morgan fingerprint density at radius 3 is 2.62 bits per heavy atom. The fourth-order valence-corrected chi connectivity index (χ4v) is 1.80. The van der Waals surface area contributed by atoms with Crippen molar-refractivity contribution in [1.82, 2.24) is 9.78 Å². The van der Waals surface area contributed by atoms with Gasteiger partial charge in [-0.1, -0.05) is 23.7 Å².